The first-order valence-corrected chi connectivity index (χ1v) is 24.0. The van der Waals surface area contributed by atoms with Gasteiger partial charge in [0.05, 0.1) is 26.4 Å². The maximum Gasteiger partial charge on any atom is 0.397 e. The van der Waals surface area contributed by atoms with Crippen molar-refractivity contribution in [3.05, 3.63) is 0 Å². The van der Waals surface area contributed by atoms with Crippen molar-refractivity contribution in [2.45, 2.75) is 36.6 Å². The number of ether oxygens (including phenoxy) is 2. The van der Waals surface area contributed by atoms with Crippen molar-refractivity contribution in [2.75, 3.05) is 39.6 Å². The predicted octanol–water partition coefficient (Wildman–Crippen LogP) is -6.21. The van der Waals surface area contributed by atoms with Crippen LogP contribution in [-0.2, 0) is 126 Å². The molecule has 0 heterocycles. The molecule has 0 aliphatic heterocycles. The van der Waals surface area contributed by atoms with Crippen LogP contribution in [0.1, 0.15) is 0 Å². The SMILES string of the molecule is O=S(=O)(O)OC[C@@H](OS(=O)(=O)O)[C@@H](OS(=O)(=O)O)[C@@H](COCC#CC#CCOC[C@@H](OS(=O)(=O)O)[C@H](OS(=O)(=O)O)[C@@H](COS(=O)(=O)O)OS(=O)(=O)O)OS(=O)(=O)O. The highest BCUT2D eigenvalue weighted by Gasteiger charge is 2.43. The zero-order chi connectivity index (χ0) is 45.6. The van der Waals surface area contributed by atoms with Crippen molar-refractivity contribution in [3.8, 4) is 23.7 Å². The third-order valence-corrected chi connectivity index (χ3v) is 8.59. The Kier molecular flexibility index (Phi) is 21.9. The second-order valence-electron chi connectivity index (χ2n) is 9.29. The average molecular weight is 1020 g/mol. The van der Waals surface area contributed by atoms with E-state index in [1.54, 1.807) is 0 Å². The fourth-order valence-corrected chi connectivity index (χ4v) is 6.84. The van der Waals surface area contributed by atoms with E-state index < -0.39 is 159 Å². The lowest BCUT2D eigenvalue weighted by molar-refractivity contribution is -0.0668. The summed E-state index contributed by atoms with van der Waals surface area (Å²) in [5.74, 6) is 7.98. The highest BCUT2D eigenvalue weighted by molar-refractivity contribution is 7.82. The normalized spacial score (nSPS) is 16.8. The van der Waals surface area contributed by atoms with Gasteiger partial charge in [0.25, 0.3) is 0 Å². The largest absolute Gasteiger partial charge is 0.397 e. The van der Waals surface area contributed by atoms with E-state index in [0.717, 1.165) is 0 Å². The second-order valence-corrected chi connectivity index (χ2v) is 17.8. The van der Waals surface area contributed by atoms with Gasteiger partial charge in [0.2, 0.25) is 0 Å². The van der Waals surface area contributed by atoms with Crippen LogP contribution in [0.3, 0.4) is 0 Å². The monoisotopic (exact) mass is 1020 g/mol. The minimum Gasteiger partial charge on any atom is -0.366 e. The van der Waals surface area contributed by atoms with Gasteiger partial charge in [-0.3, -0.25) is 36.4 Å². The highest BCUT2D eigenvalue weighted by Crippen LogP contribution is 2.21. The van der Waals surface area contributed by atoms with Crippen LogP contribution in [-0.4, -0.2) is 180 Å². The van der Waals surface area contributed by atoms with Crippen molar-refractivity contribution in [2.24, 2.45) is 0 Å². The zero-order valence-corrected chi connectivity index (χ0v) is 33.7. The van der Waals surface area contributed by atoms with Gasteiger partial charge in [-0.2, -0.15) is 67.3 Å². The number of rotatable bonds is 28. The Hall–Kier alpha value is -2.00. The summed E-state index contributed by atoms with van der Waals surface area (Å²) >= 11 is 0. The molecule has 0 amide bonds. The molecule has 342 valence electrons. The summed E-state index contributed by atoms with van der Waals surface area (Å²) in [6.45, 7) is -8.38. The topological polar surface area (TPSA) is 527 Å². The van der Waals surface area contributed by atoms with Gasteiger partial charge in [0.15, 0.2) is 0 Å². The van der Waals surface area contributed by atoms with E-state index in [4.69, 9.17) is 45.9 Å². The van der Waals surface area contributed by atoms with Crippen LogP contribution in [0, 0.1) is 23.7 Å². The first kappa shape index (κ1) is 56.0. The molecule has 34 nitrogen and oxygen atoms in total. The van der Waals surface area contributed by atoms with Crippen LogP contribution in [0.25, 0.3) is 0 Å². The molecule has 0 fully saturated rings. The maximum absolute atomic E-state index is 11.4. The Morgan fingerprint density at radius 2 is 0.552 bits per heavy atom. The molecular weight excluding hydrogens is 993 g/mol. The molecule has 6 atom stereocenters. The standard InChI is InChI=1S/C16H26O34S8/c17-51(18,19)43-9-13(47-55(29,30)31)15(49-57(35,36)37)11(45-53(23,24)25)7-41-5-3-1-2-4-6-42-8-12(46-54(26,27)28)16(50-58(38,39)40)14(48-56(32,33)34)10-44-52(20,21)22/h11-16H,5-10H2,(H,17,18,19)(H,20,21,22)(H,23,24,25)(H,26,27,28)(H,29,30,31)(H,32,33,34)(H,35,36,37)(H,38,39,40)/t11-,12-,13-,14-,15+,16+/m1/s1. The Labute approximate surface area is 328 Å². The van der Waals surface area contributed by atoms with Crippen LogP contribution in [0.5, 0.6) is 0 Å². The van der Waals surface area contributed by atoms with E-state index in [1.165, 1.54) is 0 Å². The first-order valence-electron chi connectivity index (χ1n) is 13.0. The lowest BCUT2D eigenvalue weighted by atomic mass is 10.1. The predicted molar refractivity (Wildman–Crippen MR) is 171 cm³/mol. The second kappa shape index (κ2) is 22.7. The fourth-order valence-electron chi connectivity index (χ4n) is 3.26. The Morgan fingerprint density at radius 1 is 0.328 bits per heavy atom. The summed E-state index contributed by atoms with van der Waals surface area (Å²) < 4.78 is 293. The minimum atomic E-state index is -5.84. The average Bonchev–Trinajstić information content (AvgIpc) is 2.94. The highest BCUT2D eigenvalue weighted by atomic mass is 32.3. The minimum absolute atomic E-state index is 0.940. The fraction of sp³-hybridized carbons (Fsp3) is 0.750. The molecule has 0 spiro atoms. The van der Waals surface area contributed by atoms with E-state index in [2.05, 4.69) is 33.5 Å². The molecule has 0 aromatic rings. The van der Waals surface area contributed by atoms with Crippen LogP contribution in [0.4, 0.5) is 0 Å². The Bertz CT molecular complexity index is 2220. The van der Waals surface area contributed by atoms with Crippen LogP contribution >= 0.6 is 0 Å². The molecule has 0 aliphatic rings. The van der Waals surface area contributed by atoms with Gasteiger partial charge in [-0.15, -0.1) is 0 Å². The van der Waals surface area contributed by atoms with Crippen molar-refractivity contribution in [1.29, 1.82) is 0 Å². The van der Waals surface area contributed by atoms with Gasteiger partial charge in [0.1, 0.15) is 49.8 Å². The number of hydrogen-bond acceptors (Lipinski definition) is 26. The van der Waals surface area contributed by atoms with Gasteiger partial charge in [-0.05, 0) is 11.8 Å². The van der Waals surface area contributed by atoms with Crippen LogP contribution in [0.15, 0.2) is 0 Å². The lowest BCUT2D eigenvalue weighted by Gasteiger charge is -2.29. The Morgan fingerprint density at radius 3 is 0.759 bits per heavy atom. The van der Waals surface area contributed by atoms with Gasteiger partial charge >= 0.3 is 83.2 Å². The van der Waals surface area contributed by atoms with E-state index in [9.17, 15) is 67.3 Å². The molecule has 8 N–H and O–H groups in total. The van der Waals surface area contributed by atoms with E-state index >= 15 is 0 Å². The molecule has 0 radical (unpaired) electrons. The molecule has 0 bridgehead atoms. The van der Waals surface area contributed by atoms with Crippen LogP contribution in [0.2, 0.25) is 0 Å². The van der Waals surface area contributed by atoms with E-state index in [1.807, 2.05) is 23.7 Å². The first-order chi connectivity index (χ1) is 25.7. The molecule has 0 aliphatic carbocycles. The van der Waals surface area contributed by atoms with Crippen molar-refractivity contribution >= 4 is 83.2 Å². The Balaban J connectivity index is 6.21. The van der Waals surface area contributed by atoms with Crippen molar-refractivity contribution in [1.82, 2.24) is 0 Å². The van der Waals surface area contributed by atoms with Crippen molar-refractivity contribution < 1.29 is 147 Å². The van der Waals surface area contributed by atoms with E-state index in [-0.39, 0.29) is 0 Å². The molecule has 0 aromatic carbocycles. The molecular formula is C16H26O34S8. The van der Waals surface area contributed by atoms with Crippen molar-refractivity contribution in [3.63, 3.8) is 0 Å². The summed E-state index contributed by atoms with van der Waals surface area (Å²) in [5, 5.41) is 0. The van der Waals surface area contributed by atoms with Gasteiger partial charge in [-0.1, -0.05) is 11.8 Å². The molecule has 0 aromatic heterocycles. The molecule has 58 heavy (non-hydrogen) atoms. The molecule has 0 saturated heterocycles. The maximum atomic E-state index is 11.4. The molecule has 0 saturated carbocycles. The molecule has 0 rings (SSSR count). The van der Waals surface area contributed by atoms with Crippen LogP contribution < -0.4 is 0 Å². The smallest absolute Gasteiger partial charge is 0.366 e. The molecule has 42 heteroatoms. The summed E-state index contributed by atoms with van der Waals surface area (Å²) in [6.07, 6.45) is -17.1. The third kappa shape index (κ3) is 31.9. The summed E-state index contributed by atoms with van der Waals surface area (Å²) in [6, 6.07) is 0. The zero-order valence-electron chi connectivity index (χ0n) is 27.2. The summed E-state index contributed by atoms with van der Waals surface area (Å²) in [5.41, 5.74) is 0. The molecule has 0 unspecified atom stereocenters. The number of hydrogen-bond donors (Lipinski definition) is 8. The quantitative estimate of drug-likeness (QED) is 0.0205. The third-order valence-electron chi connectivity index (χ3n) is 4.83. The van der Waals surface area contributed by atoms with Gasteiger partial charge < -0.3 is 9.47 Å². The summed E-state index contributed by atoms with van der Waals surface area (Å²) in [7, 11) is -45.8. The van der Waals surface area contributed by atoms with Gasteiger partial charge in [-0.25, -0.2) is 33.5 Å². The summed E-state index contributed by atoms with van der Waals surface area (Å²) in [4.78, 5) is 0. The van der Waals surface area contributed by atoms with E-state index in [0.29, 0.717) is 0 Å². The van der Waals surface area contributed by atoms with Gasteiger partial charge in [0, 0.05) is 0 Å². The lowest BCUT2D eigenvalue weighted by Crippen LogP contribution is -2.49.